The smallest absolute Gasteiger partial charge is 0.252 e. The monoisotopic (exact) mass is 363 g/mol. The second kappa shape index (κ2) is 7.98. The van der Waals surface area contributed by atoms with Crippen LogP contribution in [0.25, 0.3) is 0 Å². The Morgan fingerprint density at radius 1 is 1.32 bits per heavy atom. The molecule has 0 fully saturated rings. The number of aromatic nitrogens is 1. The van der Waals surface area contributed by atoms with Crippen LogP contribution in [-0.2, 0) is 10.0 Å². The minimum atomic E-state index is -3.54. The number of methoxy groups -OCH3 is 1. The van der Waals surface area contributed by atoms with Crippen molar-refractivity contribution < 1.29 is 17.9 Å². The minimum absolute atomic E-state index is 0.0879. The van der Waals surface area contributed by atoms with Gasteiger partial charge in [0.1, 0.15) is 5.75 Å². The van der Waals surface area contributed by atoms with Gasteiger partial charge < -0.3 is 10.1 Å². The lowest BCUT2D eigenvalue weighted by Gasteiger charge is -2.24. The van der Waals surface area contributed by atoms with Crippen LogP contribution >= 0.6 is 0 Å². The Morgan fingerprint density at radius 2 is 2.08 bits per heavy atom. The predicted octanol–water partition coefficient (Wildman–Crippen LogP) is 1.59. The highest BCUT2D eigenvalue weighted by atomic mass is 32.2. The fourth-order valence-corrected chi connectivity index (χ4v) is 3.25. The van der Waals surface area contributed by atoms with Gasteiger partial charge in [0.15, 0.2) is 0 Å². The van der Waals surface area contributed by atoms with Gasteiger partial charge in [0.2, 0.25) is 10.0 Å². The molecule has 0 aliphatic rings. The fourth-order valence-electron chi connectivity index (χ4n) is 2.33. The first kappa shape index (κ1) is 18.7. The Labute approximate surface area is 147 Å². The van der Waals surface area contributed by atoms with E-state index in [-0.39, 0.29) is 19.0 Å². The summed E-state index contributed by atoms with van der Waals surface area (Å²) in [5, 5.41) is 2.70. The van der Waals surface area contributed by atoms with Gasteiger partial charge in [-0.3, -0.25) is 14.1 Å². The maximum atomic E-state index is 12.2. The highest BCUT2D eigenvalue weighted by molar-refractivity contribution is 7.92. The molecular weight excluding hydrogens is 342 g/mol. The highest BCUT2D eigenvalue weighted by Gasteiger charge is 2.21. The minimum Gasteiger partial charge on any atom is -0.495 e. The third-order valence-corrected chi connectivity index (χ3v) is 4.71. The summed E-state index contributed by atoms with van der Waals surface area (Å²) in [6, 6.07) is 8.60. The number of sulfonamides is 1. The Kier molecular flexibility index (Phi) is 5.97. The first-order valence-corrected chi connectivity index (χ1v) is 9.48. The Bertz CT molecular complexity index is 838. The van der Waals surface area contributed by atoms with Gasteiger partial charge in [-0.05, 0) is 36.8 Å². The molecule has 0 radical (unpaired) electrons. The normalized spacial score (nSPS) is 11.0. The number of pyridine rings is 1. The summed E-state index contributed by atoms with van der Waals surface area (Å²) in [5.74, 6) is 0.146. The van der Waals surface area contributed by atoms with E-state index in [1.54, 1.807) is 30.5 Å². The van der Waals surface area contributed by atoms with Crippen LogP contribution in [0.5, 0.6) is 5.75 Å². The number of anilines is 1. The molecule has 1 aromatic heterocycles. The number of benzene rings is 1. The van der Waals surface area contributed by atoms with Gasteiger partial charge in [0.25, 0.3) is 5.91 Å². The van der Waals surface area contributed by atoms with E-state index >= 15 is 0 Å². The molecule has 0 unspecified atom stereocenters. The molecule has 2 rings (SSSR count). The third kappa shape index (κ3) is 4.93. The number of nitrogens with one attached hydrogen (secondary N) is 1. The molecule has 134 valence electrons. The van der Waals surface area contributed by atoms with Crippen molar-refractivity contribution in [3.05, 3.63) is 53.9 Å². The van der Waals surface area contributed by atoms with E-state index in [9.17, 15) is 13.2 Å². The second-order valence-corrected chi connectivity index (χ2v) is 7.41. The van der Waals surface area contributed by atoms with E-state index in [4.69, 9.17) is 4.74 Å². The lowest BCUT2D eigenvalue weighted by Crippen LogP contribution is -2.38. The molecule has 1 aromatic carbocycles. The molecule has 0 saturated carbocycles. The van der Waals surface area contributed by atoms with Gasteiger partial charge in [-0.2, -0.15) is 0 Å². The number of rotatable bonds is 7. The zero-order valence-electron chi connectivity index (χ0n) is 14.4. The number of ether oxygens (including phenoxy) is 1. The number of carbonyl (C=O) groups excluding carboxylic acids is 1. The van der Waals surface area contributed by atoms with Crippen LogP contribution in [0.2, 0.25) is 0 Å². The number of nitrogens with zero attached hydrogens (tertiary/aromatic N) is 2. The van der Waals surface area contributed by atoms with E-state index in [1.807, 2.05) is 13.0 Å². The number of carbonyl (C=O) groups is 1. The first-order chi connectivity index (χ1) is 11.8. The van der Waals surface area contributed by atoms with Crippen LogP contribution in [0.1, 0.15) is 15.9 Å². The van der Waals surface area contributed by atoms with E-state index in [1.165, 1.54) is 17.6 Å². The highest BCUT2D eigenvalue weighted by Crippen LogP contribution is 2.30. The van der Waals surface area contributed by atoms with Crippen molar-refractivity contribution in [2.24, 2.45) is 0 Å². The van der Waals surface area contributed by atoms with Gasteiger partial charge in [-0.25, -0.2) is 8.42 Å². The summed E-state index contributed by atoms with van der Waals surface area (Å²) in [4.78, 5) is 15.9. The average molecular weight is 363 g/mol. The van der Waals surface area contributed by atoms with Crippen LogP contribution in [0.4, 0.5) is 5.69 Å². The molecule has 0 aliphatic carbocycles. The van der Waals surface area contributed by atoms with Crippen LogP contribution < -0.4 is 14.4 Å². The van der Waals surface area contributed by atoms with E-state index in [2.05, 4.69) is 10.3 Å². The molecule has 7 nitrogen and oxygen atoms in total. The lowest BCUT2D eigenvalue weighted by atomic mass is 10.2. The molecule has 2 aromatic rings. The summed E-state index contributed by atoms with van der Waals surface area (Å²) in [5.41, 5.74) is 1.77. The lowest BCUT2D eigenvalue weighted by molar-refractivity contribution is 0.0954. The van der Waals surface area contributed by atoms with Crippen LogP contribution in [0.3, 0.4) is 0 Å². The van der Waals surface area contributed by atoms with Crippen LogP contribution in [0, 0.1) is 6.92 Å². The molecular formula is C17H21N3O4S. The van der Waals surface area contributed by atoms with Crippen molar-refractivity contribution >= 4 is 21.6 Å². The van der Waals surface area contributed by atoms with Crippen molar-refractivity contribution in [1.29, 1.82) is 0 Å². The SMILES string of the molecule is COc1ccc(C)cc1N(CCNC(=O)c1cccnc1)S(C)(=O)=O. The molecule has 0 atom stereocenters. The zero-order valence-corrected chi connectivity index (χ0v) is 15.2. The summed E-state index contributed by atoms with van der Waals surface area (Å²) in [7, 11) is -2.06. The van der Waals surface area contributed by atoms with Crippen LogP contribution in [-0.4, -0.2) is 45.8 Å². The van der Waals surface area contributed by atoms with Gasteiger partial charge in [-0.15, -0.1) is 0 Å². The predicted molar refractivity (Wildman–Crippen MR) is 96.5 cm³/mol. The topological polar surface area (TPSA) is 88.6 Å². The van der Waals surface area contributed by atoms with E-state index in [0.717, 1.165) is 11.8 Å². The molecule has 25 heavy (non-hydrogen) atoms. The largest absolute Gasteiger partial charge is 0.495 e. The van der Waals surface area contributed by atoms with Crippen molar-refractivity contribution in [2.75, 3.05) is 30.8 Å². The second-order valence-electron chi connectivity index (χ2n) is 5.51. The van der Waals surface area contributed by atoms with Crippen molar-refractivity contribution in [2.45, 2.75) is 6.92 Å². The van der Waals surface area contributed by atoms with Crippen LogP contribution in [0.15, 0.2) is 42.7 Å². The maximum absolute atomic E-state index is 12.2. The standard InChI is InChI=1S/C17H21N3O4S/c1-13-6-7-16(24-2)15(11-13)20(25(3,22)23)10-9-19-17(21)14-5-4-8-18-12-14/h4-8,11-12H,9-10H2,1-3H3,(H,19,21). The molecule has 8 heteroatoms. The van der Waals surface area contributed by atoms with E-state index < -0.39 is 10.0 Å². The molecule has 1 amide bonds. The summed E-state index contributed by atoms with van der Waals surface area (Å²) < 4.78 is 30.9. The first-order valence-electron chi connectivity index (χ1n) is 7.63. The Hall–Kier alpha value is -2.61. The molecule has 0 saturated heterocycles. The number of aryl methyl sites for hydroxylation is 1. The molecule has 1 heterocycles. The van der Waals surface area contributed by atoms with Crippen molar-refractivity contribution in [1.82, 2.24) is 10.3 Å². The Balaban J connectivity index is 2.15. The summed E-state index contributed by atoms with van der Waals surface area (Å²) in [6.07, 6.45) is 4.15. The molecule has 1 N–H and O–H groups in total. The molecule has 0 aliphatic heterocycles. The fraction of sp³-hybridized carbons (Fsp3) is 0.294. The van der Waals surface area contributed by atoms with Gasteiger partial charge in [0, 0.05) is 18.9 Å². The van der Waals surface area contributed by atoms with Gasteiger partial charge >= 0.3 is 0 Å². The third-order valence-electron chi connectivity index (χ3n) is 3.53. The Morgan fingerprint density at radius 3 is 2.68 bits per heavy atom. The molecule has 0 bridgehead atoms. The van der Waals surface area contributed by atoms with Gasteiger partial charge in [0.05, 0.1) is 31.2 Å². The van der Waals surface area contributed by atoms with Gasteiger partial charge in [-0.1, -0.05) is 6.07 Å². The number of hydrogen-bond donors (Lipinski definition) is 1. The quantitative estimate of drug-likeness (QED) is 0.807. The average Bonchev–Trinajstić information content (AvgIpc) is 2.58. The van der Waals surface area contributed by atoms with Crippen molar-refractivity contribution in [3.8, 4) is 5.75 Å². The number of amides is 1. The number of hydrogen-bond acceptors (Lipinski definition) is 5. The summed E-state index contributed by atoms with van der Waals surface area (Å²) >= 11 is 0. The van der Waals surface area contributed by atoms with E-state index in [0.29, 0.717) is 17.0 Å². The summed E-state index contributed by atoms with van der Waals surface area (Å²) in [6.45, 7) is 2.11. The van der Waals surface area contributed by atoms with Crippen molar-refractivity contribution in [3.63, 3.8) is 0 Å². The molecule has 0 spiro atoms. The zero-order chi connectivity index (χ0) is 18.4. The maximum Gasteiger partial charge on any atom is 0.252 e.